The molecule has 4 nitrogen and oxygen atoms in total. The molecule has 0 amide bonds. The minimum absolute atomic E-state index is 0.222. The lowest BCUT2D eigenvalue weighted by Crippen LogP contribution is -2.18. The van der Waals surface area contributed by atoms with Crippen LogP contribution in [0.5, 0.6) is 0 Å². The molecular formula is C19H18FN3O. The zero-order valence-corrected chi connectivity index (χ0v) is 13.3. The Morgan fingerprint density at radius 3 is 2.50 bits per heavy atom. The fourth-order valence-electron chi connectivity index (χ4n) is 3.28. The van der Waals surface area contributed by atoms with E-state index < -0.39 is 0 Å². The summed E-state index contributed by atoms with van der Waals surface area (Å²) in [6, 6.07) is 10.3. The van der Waals surface area contributed by atoms with Gasteiger partial charge in [-0.1, -0.05) is 0 Å². The average molecular weight is 323 g/mol. The van der Waals surface area contributed by atoms with Gasteiger partial charge in [0.05, 0.1) is 11.1 Å². The molecule has 0 spiro atoms. The number of nitrogens with zero attached hydrogens (tertiary/aromatic N) is 1. The maximum atomic E-state index is 14.5. The van der Waals surface area contributed by atoms with Gasteiger partial charge < -0.3 is 11.1 Å². The third-order valence-electron chi connectivity index (χ3n) is 4.61. The normalized spacial score (nSPS) is 14.1. The highest BCUT2D eigenvalue weighted by atomic mass is 19.1. The standard InChI is InChI=1S/C19H18FN3O/c1-22-18-16(20)10-15-14(17(18)11-2-3-11)8-9-23(19(15)24)13-6-4-12(21)5-7-13/h4-11,22H,2-3,21H2,1H3. The van der Waals surface area contributed by atoms with Gasteiger partial charge in [0, 0.05) is 24.6 Å². The molecule has 0 aliphatic heterocycles. The summed E-state index contributed by atoms with van der Waals surface area (Å²) in [4.78, 5) is 12.9. The summed E-state index contributed by atoms with van der Waals surface area (Å²) >= 11 is 0. The van der Waals surface area contributed by atoms with Crippen LogP contribution in [0.4, 0.5) is 15.8 Å². The summed E-state index contributed by atoms with van der Waals surface area (Å²) in [6.45, 7) is 0. The first-order valence-corrected chi connectivity index (χ1v) is 8.01. The smallest absolute Gasteiger partial charge is 0.263 e. The third-order valence-corrected chi connectivity index (χ3v) is 4.61. The molecule has 0 atom stereocenters. The van der Waals surface area contributed by atoms with Crippen molar-refractivity contribution in [2.75, 3.05) is 18.1 Å². The fourth-order valence-corrected chi connectivity index (χ4v) is 3.28. The fraction of sp³-hybridized carbons (Fsp3) is 0.211. The van der Waals surface area contributed by atoms with Crippen LogP contribution in [0.15, 0.2) is 47.4 Å². The Kier molecular flexibility index (Phi) is 3.30. The molecular weight excluding hydrogens is 305 g/mol. The van der Waals surface area contributed by atoms with Crippen LogP contribution in [0.1, 0.15) is 24.3 Å². The number of fused-ring (bicyclic) bond motifs is 1. The van der Waals surface area contributed by atoms with Crippen LogP contribution in [0.25, 0.3) is 16.5 Å². The number of halogens is 1. The van der Waals surface area contributed by atoms with E-state index in [1.807, 2.05) is 6.07 Å². The van der Waals surface area contributed by atoms with Crippen LogP contribution in [0.2, 0.25) is 0 Å². The second kappa shape index (κ2) is 5.37. The lowest BCUT2D eigenvalue weighted by Gasteiger charge is -2.15. The number of hydrogen-bond donors (Lipinski definition) is 2. The molecule has 1 saturated carbocycles. The number of nitrogen functional groups attached to an aromatic ring is 1. The van der Waals surface area contributed by atoms with Crippen LogP contribution in [0, 0.1) is 5.82 Å². The van der Waals surface area contributed by atoms with Crippen LogP contribution in [-0.2, 0) is 0 Å². The highest BCUT2D eigenvalue weighted by Crippen LogP contribution is 2.47. The first kappa shape index (κ1) is 14.8. The highest BCUT2D eigenvalue weighted by Gasteiger charge is 2.30. The van der Waals surface area contributed by atoms with E-state index in [-0.39, 0.29) is 11.4 Å². The van der Waals surface area contributed by atoms with Crippen molar-refractivity contribution < 1.29 is 4.39 Å². The van der Waals surface area contributed by atoms with Crippen molar-refractivity contribution in [1.29, 1.82) is 0 Å². The molecule has 1 fully saturated rings. The molecule has 3 N–H and O–H groups in total. The van der Waals surface area contributed by atoms with Crippen LogP contribution in [0.3, 0.4) is 0 Å². The van der Waals surface area contributed by atoms with Gasteiger partial charge in [0.25, 0.3) is 5.56 Å². The Morgan fingerprint density at radius 2 is 1.88 bits per heavy atom. The van der Waals surface area contributed by atoms with Gasteiger partial charge in [0.2, 0.25) is 0 Å². The van der Waals surface area contributed by atoms with Gasteiger partial charge in [-0.3, -0.25) is 9.36 Å². The summed E-state index contributed by atoms with van der Waals surface area (Å²) in [5.41, 5.74) is 8.26. The van der Waals surface area contributed by atoms with E-state index in [0.717, 1.165) is 23.8 Å². The molecule has 122 valence electrons. The van der Waals surface area contributed by atoms with Crippen molar-refractivity contribution in [2.24, 2.45) is 0 Å². The van der Waals surface area contributed by atoms with Gasteiger partial charge in [0.15, 0.2) is 0 Å². The highest BCUT2D eigenvalue weighted by molar-refractivity contribution is 5.91. The van der Waals surface area contributed by atoms with E-state index in [1.54, 1.807) is 37.5 Å². The molecule has 5 heteroatoms. The maximum absolute atomic E-state index is 14.5. The molecule has 0 saturated heterocycles. The molecule has 4 rings (SSSR count). The van der Waals surface area contributed by atoms with Crippen LogP contribution >= 0.6 is 0 Å². The zero-order chi connectivity index (χ0) is 16.8. The monoisotopic (exact) mass is 323 g/mol. The largest absolute Gasteiger partial charge is 0.399 e. The van der Waals surface area contributed by atoms with Crippen molar-refractivity contribution >= 4 is 22.1 Å². The quantitative estimate of drug-likeness (QED) is 0.724. The Morgan fingerprint density at radius 1 is 1.17 bits per heavy atom. The molecule has 1 aliphatic carbocycles. The Hall–Kier alpha value is -2.82. The number of nitrogens with two attached hydrogens (primary N) is 1. The Bertz CT molecular complexity index is 988. The first-order chi connectivity index (χ1) is 11.6. The molecule has 2 aromatic carbocycles. The van der Waals surface area contributed by atoms with Gasteiger partial charge in [-0.05, 0) is 66.1 Å². The first-order valence-electron chi connectivity index (χ1n) is 8.01. The van der Waals surface area contributed by atoms with Gasteiger partial charge in [-0.2, -0.15) is 0 Å². The summed E-state index contributed by atoms with van der Waals surface area (Å²) in [7, 11) is 1.71. The topological polar surface area (TPSA) is 60.0 Å². The number of aromatic nitrogens is 1. The molecule has 1 heterocycles. The molecule has 1 aliphatic rings. The van der Waals surface area contributed by atoms with Crippen LogP contribution in [-0.4, -0.2) is 11.6 Å². The van der Waals surface area contributed by atoms with Gasteiger partial charge >= 0.3 is 0 Å². The van der Waals surface area contributed by atoms with E-state index in [0.29, 0.717) is 28.4 Å². The van der Waals surface area contributed by atoms with Crippen LogP contribution < -0.4 is 16.6 Å². The summed E-state index contributed by atoms with van der Waals surface area (Å²) in [6.07, 6.45) is 3.82. The number of rotatable bonds is 3. The van der Waals surface area contributed by atoms with Gasteiger partial charge in [0.1, 0.15) is 5.82 Å². The molecule has 0 unspecified atom stereocenters. The second-order valence-electron chi connectivity index (χ2n) is 6.21. The van der Waals surface area contributed by atoms with E-state index in [1.165, 1.54) is 10.6 Å². The van der Waals surface area contributed by atoms with Crippen molar-refractivity contribution in [3.8, 4) is 5.69 Å². The summed E-state index contributed by atoms with van der Waals surface area (Å²) in [5, 5.41) is 4.19. The molecule has 0 radical (unpaired) electrons. The Balaban J connectivity index is 2.00. The number of hydrogen-bond acceptors (Lipinski definition) is 3. The SMILES string of the molecule is CNc1c(F)cc2c(=O)n(-c3ccc(N)cc3)ccc2c1C1CC1. The minimum Gasteiger partial charge on any atom is -0.399 e. The van der Waals surface area contributed by atoms with Crippen molar-refractivity contribution in [2.45, 2.75) is 18.8 Å². The molecule has 1 aromatic heterocycles. The molecule has 24 heavy (non-hydrogen) atoms. The summed E-state index contributed by atoms with van der Waals surface area (Å²) < 4.78 is 16.0. The number of benzene rings is 2. The maximum Gasteiger partial charge on any atom is 0.263 e. The van der Waals surface area contributed by atoms with E-state index in [4.69, 9.17) is 5.73 Å². The third kappa shape index (κ3) is 2.24. The van der Waals surface area contributed by atoms with E-state index in [2.05, 4.69) is 5.32 Å². The van der Waals surface area contributed by atoms with E-state index in [9.17, 15) is 9.18 Å². The van der Waals surface area contributed by atoms with Gasteiger partial charge in [-0.25, -0.2) is 4.39 Å². The predicted molar refractivity (Wildman–Crippen MR) is 95.4 cm³/mol. The number of anilines is 2. The predicted octanol–water partition coefficient (Wildman–Crippen LogP) is 3.63. The molecule has 0 bridgehead atoms. The lowest BCUT2D eigenvalue weighted by molar-refractivity contribution is 0.631. The number of pyridine rings is 1. The average Bonchev–Trinajstić information content (AvgIpc) is 3.40. The van der Waals surface area contributed by atoms with Crippen molar-refractivity contribution in [3.05, 3.63) is 64.3 Å². The van der Waals surface area contributed by atoms with Crippen molar-refractivity contribution in [1.82, 2.24) is 4.57 Å². The van der Waals surface area contributed by atoms with E-state index >= 15 is 0 Å². The number of nitrogens with one attached hydrogen (secondary N) is 1. The lowest BCUT2D eigenvalue weighted by atomic mass is 9.99. The van der Waals surface area contributed by atoms with Gasteiger partial charge in [-0.15, -0.1) is 0 Å². The van der Waals surface area contributed by atoms with Crippen molar-refractivity contribution in [3.63, 3.8) is 0 Å². The Labute approximate surface area is 138 Å². The molecule has 3 aromatic rings. The summed E-state index contributed by atoms with van der Waals surface area (Å²) in [5.74, 6) is -0.0449. The second-order valence-corrected chi connectivity index (χ2v) is 6.21. The minimum atomic E-state index is -0.376. The zero-order valence-electron chi connectivity index (χ0n) is 13.3.